The van der Waals surface area contributed by atoms with E-state index in [4.69, 9.17) is 22.1 Å². The number of allylic oxidation sites excluding steroid dienone is 1. The van der Waals surface area contributed by atoms with Gasteiger partial charge in [0.2, 0.25) is 5.95 Å². The maximum absolute atomic E-state index is 15.2. The molecule has 6 nitrogen and oxygen atoms in total. The van der Waals surface area contributed by atoms with Gasteiger partial charge in [0.25, 0.3) is 0 Å². The van der Waals surface area contributed by atoms with Crippen LogP contribution in [-0.2, 0) is 0 Å². The molecule has 1 fully saturated rings. The van der Waals surface area contributed by atoms with Crippen LogP contribution < -0.4 is 15.8 Å². The molecule has 3 rings (SSSR count). The summed E-state index contributed by atoms with van der Waals surface area (Å²) in [6.07, 6.45) is 6.28. The van der Waals surface area contributed by atoms with Crippen LogP contribution in [-0.4, -0.2) is 47.2 Å². The second kappa shape index (κ2) is 11.0. The third-order valence-electron chi connectivity index (χ3n) is 6.17. The molecule has 1 aromatic carbocycles. The van der Waals surface area contributed by atoms with E-state index in [1.54, 1.807) is 18.5 Å². The highest BCUT2D eigenvalue weighted by Gasteiger charge is 2.27. The Kier molecular flexibility index (Phi) is 8.44. The fourth-order valence-corrected chi connectivity index (χ4v) is 4.76. The largest absolute Gasteiger partial charge is 0.495 e. The van der Waals surface area contributed by atoms with Crippen LogP contribution >= 0.6 is 11.6 Å². The lowest BCUT2D eigenvalue weighted by Crippen LogP contribution is -2.51. The summed E-state index contributed by atoms with van der Waals surface area (Å²) in [6.45, 7) is 16.2. The number of likely N-dealkylation sites (tertiary alicyclic amines) is 1. The van der Waals surface area contributed by atoms with E-state index in [2.05, 4.69) is 47.5 Å². The topological polar surface area (TPSA) is 76.3 Å². The van der Waals surface area contributed by atoms with Crippen LogP contribution in [0.15, 0.2) is 30.7 Å². The smallest absolute Gasteiger partial charge is 0.222 e. The van der Waals surface area contributed by atoms with E-state index >= 15 is 4.39 Å². The molecule has 1 aliphatic rings. The SMILES string of the molecule is C=C(CC(C)(C)C)N1CC(N)CC(Nc2ncc(/C=C(\F)c3c(C)c(C)cc(OC)c3Cl)cn2)C1. The fourth-order valence-electron chi connectivity index (χ4n) is 4.40. The lowest BCUT2D eigenvalue weighted by Gasteiger charge is -2.40. The summed E-state index contributed by atoms with van der Waals surface area (Å²) < 4.78 is 20.5. The van der Waals surface area contributed by atoms with Crippen molar-refractivity contribution in [3.63, 3.8) is 0 Å². The fraction of sp³-hybridized carbons (Fsp3) is 0.481. The molecule has 0 amide bonds. The number of nitrogens with two attached hydrogens (primary N) is 1. The Morgan fingerprint density at radius 1 is 1.31 bits per heavy atom. The molecule has 0 aliphatic carbocycles. The van der Waals surface area contributed by atoms with Crippen molar-refractivity contribution in [2.24, 2.45) is 11.1 Å². The molecule has 2 unspecified atom stereocenters. The number of piperidine rings is 1. The highest BCUT2D eigenvalue weighted by atomic mass is 35.5. The Balaban J connectivity index is 1.72. The first-order chi connectivity index (χ1) is 16.4. The number of nitrogens with one attached hydrogen (secondary N) is 1. The third-order valence-corrected chi connectivity index (χ3v) is 6.55. The molecule has 35 heavy (non-hydrogen) atoms. The van der Waals surface area contributed by atoms with E-state index in [-0.39, 0.29) is 22.5 Å². The predicted octanol–water partition coefficient (Wildman–Crippen LogP) is 5.99. The summed E-state index contributed by atoms with van der Waals surface area (Å²) in [5.74, 6) is 0.452. The van der Waals surface area contributed by atoms with Crippen LogP contribution in [0, 0.1) is 19.3 Å². The molecule has 1 aromatic heterocycles. The Bertz CT molecular complexity index is 1090. The number of aryl methyl sites for hydroxylation is 1. The average Bonchev–Trinajstić information content (AvgIpc) is 2.76. The molecule has 1 saturated heterocycles. The Morgan fingerprint density at radius 2 is 1.97 bits per heavy atom. The summed E-state index contributed by atoms with van der Waals surface area (Å²) in [5.41, 5.74) is 10.1. The van der Waals surface area contributed by atoms with Gasteiger partial charge in [-0.15, -0.1) is 0 Å². The van der Waals surface area contributed by atoms with Gasteiger partial charge in [0, 0.05) is 54.4 Å². The van der Waals surface area contributed by atoms with Crippen LogP contribution in [0.2, 0.25) is 5.02 Å². The van der Waals surface area contributed by atoms with Gasteiger partial charge in [0.1, 0.15) is 11.6 Å². The molecule has 2 atom stereocenters. The summed E-state index contributed by atoms with van der Waals surface area (Å²) in [6, 6.07) is 1.93. The number of hydrogen-bond acceptors (Lipinski definition) is 6. The molecule has 0 radical (unpaired) electrons. The van der Waals surface area contributed by atoms with E-state index < -0.39 is 5.83 Å². The van der Waals surface area contributed by atoms with Crippen LogP contribution in [0.3, 0.4) is 0 Å². The normalized spacial score (nSPS) is 19.0. The monoisotopic (exact) mass is 501 g/mol. The van der Waals surface area contributed by atoms with E-state index in [1.165, 1.54) is 13.2 Å². The van der Waals surface area contributed by atoms with E-state index in [9.17, 15) is 0 Å². The number of hydrogen-bond donors (Lipinski definition) is 2. The van der Waals surface area contributed by atoms with Crippen molar-refractivity contribution in [2.45, 2.75) is 59.5 Å². The van der Waals surface area contributed by atoms with Crippen molar-refractivity contribution >= 4 is 29.5 Å². The molecule has 8 heteroatoms. The molecular weight excluding hydrogens is 465 g/mol. The van der Waals surface area contributed by atoms with Crippen LogP contribution in [0.4, 0.5) is 10.3 Å². The van der Waals surface area contributed by atoms with E-state index in [0.29, 0.717) is 22.8 Å². The first kappa shape index (κ1) is 27.0. The minimum atomic E-state index is -0.468. The minimum absolute atomic E-state index is 0.0357. The maximum Gasteiger partial charge on any atom is 0.222 e. The van der Waals surface area contributed by atoms with Gasteiger partial charge in [0.05, 0.1) is 12.1 Å². The first-order valence-corrected chi connectivity index (χ1v) is 12.2. The highest BCUT2D eigenvalue weighted by Crippen LogP contribution is 2.38. The summed E-state index contributed by atoms with van der Waals surface area (Å²) in [5, 5.41) is 3.62. The van der Waals surface area contributed by atoms with E-state index in [0.717, 1.165) is 42.8 Å². The lowest BCUT2D eigenvalue weighted by atomic mass is 9.89. The summed E-state index contributed by atoms with van der Waals surface area (Å²) >= 11 is 6.39. The number of anilines is 1. The summed E-state index contributed by atoms with van der Waals surface area (Å²) in [7, 11) is 1.51. The second-order valence-electron chi connectivity index (χ2n) is 10.6. The number of rotatable bonds is 7. The first-order valence-electron chi connectivity index (χ1n) is 11.9. The zero-order chi connectivity index (χ0) is 25.9. The zero-order valence-corrected chi connectivity index (χ0v) is 22.3. The number of nitrogens with zero attached hydrogens (tertiary/aromatic N) is 3. The molecule has 0 saturated carbocycles. The molecule has 190 valence electrons. The summed E-state index contributed by atoms with van der Waals surface area (Å²) in [4.78, 5) is 11.0. The number of halogens is 2. The molecular formula is C27H37ClFN5O. The van der Waals surface area contributed by atoms with Gasteiger partial charge in [-0.1, -0.05) is 39.0 Å². The number of ether oxygens (including phenoxy) is 1. The van der Waals surface area contributed by atoms with Gasteiger partial charge < -0.3 is 20.7 Å². The second-order valence-corrected chi connectivity index (χ2v) is 11.0. The number of aromatic nitrogens is 2. The van der Waals surface area contributed by atoms with Crippen molar-refractivity contribution in [3.8, 4) is 5.75 Å². The highest BCUT2D eigenvalue weighted by molar-refractivity contribution is 6.34. The van der Waals surface area contributed by atoms with Crippen LogP contribution in [0.5, 0.6) is 5.75 Å². The minimum Gasteiger partial charge on any atom is -0.495 e. The zero-order valence-electron chi connectivity index (χ0n) is 21.6. The number of benzene rings is 1. The van der Waals surface area contributed by atoms with Gasteiger partial charge in [-0.2, -0.15) is 0 Å². The van der Waals surface area contributed by atoms with Gasteiger partial charge in [-0.25, -0.2) is 14.4 Å². The van der Waals surface area contributed by atoms with Crippen molar-refractivity contribution in [1.29, 1.82) is 0 Å². The van der Waals surface area contributed by atoms with Crippen molar-refractivity contribution in [3.05, 3.63) is 58.0 Å². The van der Waals surface area contributed by atoms with Crippen molar-refractivity contribution in [2.75, 3.05) is 25.5 Å². The van der Waals surface area contributed by atoms with Gasteiger partial charge in [0.15, 0.2) is 0 Å². The molecule has 2 heterocycles. The lowest BCUT2D eigenvalue weighted by molar-refractivity contribution is 0.221. The number of methoxy groups -OCH3 is 1. The third kappa shape index (κ3) is 6.95. The molecule has 1 aliphatic heterocycles. The van der Waals surface area contributed by atoms with Crippen LogP contribution in [0.25, 0.3) is 11.9 Å². The van der Waals surface area contributed by atoms with Gasteiger partial charge >= 0.3 is 0 Å². The average molecular weight is 502 g/mol. The van der Waals surface area contributed by atoms with Crippen LogP contribution in [0.1, 0.15) is 55.9 Å². The van der Waals surface area contributed by atoms with Crippen molar-refractivity contribution in [1.82, 2.24) is 14.9 Å². The van der Waals surface area contributed by atoms with Crippen molar-refractivity contribution < 1.29 is 9.13 Å². The van der Waals surface area contributed by atoms with E-state index in [1.807, 2.05) is 13.8 Å². The molecule has 3 N–H and O–H groups in total. The molecule has 0 bridgehead atoms. The maximum atomic E-state index is 15.2. The molecule has 2 aromatic rings. The van der Waals surface area contributed by atoms with Gasteiger partial charge in [-0.05, 0) is 55.4 Å². The Labute approximate surface area is 213 Å². The standard InChI is InChI=1S/C27H37ClFN5O/c1-16-8-23(35-7)25(28)24(18(16)3)22(29)9-19-12-31-26(32-13-19)33-21-10-20(30)14-34(15-21)17(2)11-27(4,5)6/h8-9,12-13,20-21H,2,10-11,14-15,30H2,1,3-7H3,(H,31,32,33)/b22-9-. The Morgan fingerprint density at radius 3 is 2.57 bits per heavy atom. The predicted molar refractivity (Wildman–Crippen MR) is 143 cm³/mol. The van der Waals surface area contributed by atoms with Gasteiger partial charge in [-0.3, -0.25) is 0 Å². The molecule has 0 spiro atoms. The Hall–Kier alpha value is -2.64. The quantitative estimate of drug-likeness (QED) is 0.485.